The van der Waals surface area contributed by atoms with Crippen LogP contribution in [0.1, 0.15) is 29.6 Å². The third-order valence-corrected chi connectivity index (χ3v) is 5.66. The number of carbonyl (C=O) groups is 2. The highest BCUT2D eigenvalue weighted by Gasteiger charge is 2.27. The number of amides is 2. The molecule has 3 heterocycles. The number of methoxy groups -OCH3 is 1. The molecule has 1 aromatic carbocycles. The molecule has 2 aromatic heterocycles. The van der Waals surface area contributed by atoms with Gasteiger partial charge in [-0.2, -0.15) is 0 Å². The van der Waals surface area contributed by atoms with E-state index in [1.807, 2.05) is 39.9 Å². The zero-order chi connectivity index (χ0) is 21.6. The molecule has 3 aromatic rings. The molecular formula is C23H27N5O3. The van der Waals surface area contributed by atoms with Crippen molar-refractivity contribution >= 4 is 22.7 Å². The second-order valence-corrected chi connectivity index (χ2v) is 7.84. The van der Waals surface area contributed by atoms with Gasteiger partial charge in [0.1, 0.15) is 0 Å². The van der Waals surface area contributed by atoms with Gasteiger partial charge in [0.25, 0.3) is 5.91 Å². The van der Waals surface area contributed by atoms with E-state index in [2.05, 4.69) is 15.3 Å². The van der Waals surface area contributed by atoms with Gasteiger partial charge in [-0.3, -0.25) is 9.59 Å². The maximum absolute atomic E-state index is 13.3. The second kappa shape index (κ2) is 9.59. The predicted octanol–water partition coefficient (Wildman–Crippen LogP) is 2.50. The average Bonchev–Trinajstić information content (AvgIpc) is 3.31. The van der Waals surface area contributed by atoms with Crippen molar-refractivity contribution in [2.24, 2.45) is 5.92 Å². The van der Waals surface area contributed by atoms with E-state index < -0.39 is 0 Å². The zero-order valence-electron chi connectivity index (χ0n) is 17.7. The second-order valence-electron chi connectivity index (χ2n) is 7.84. The minimum Gasteiger partial charge on any atom is -0.481 e. The molecule has 162 valence electrons. The van der Waals surface area contributed by atoms with Crippen LogP contribution in [-0.2, 0) is 11.3 Å². The number of fused-ring (bicyclic) bond motifs is 1. The molecule has 0 aliphatic carbocycles. The number of nitrogens with one attached hydrogen (secondary N) is 1. The van der Waals surface area contributed by atoms with E-state index in [-0.39, 0.29) is 17.7 Å². The summed E-state index contributed by atoms with van der Waals surface area (Å²) in [7, 11) is 1.55. The number of rotatable bonds is 7. The van der Waals surface area contributed by atoms with Crippen molar-refractivity contribution in [2.45, 2.75) is 25.8 Å². The number of aromatic nitrogens is 3. The van der Waals surface area contributed by atoms with E-state index in [4.69, 9.17) is 4.74 Å². The molecule has 4 rings (SSSR count). The summed E-state index contributed by atoms with van der Waals surface area (Å²) in [6, 6.07) is 9.29. The van der Waals surface area contributed by atoms with E-state index in [0.29, 0.717) is 44.0 Å². The molecule has 0 bridgehead atoms. The van der Waals surface area contributed by atoms with Crippen LogP contribution >= 0.6 is 0 Å². The number of imidazole rings is 1. The van der Waals surface area contributed by atoms with Crippen molar-refractivity contribution in [3.63, 3.8) is 0 Å². The smallest absolute Gasteiger partial charge is 0.254 e. The van der Waals surface area contributed by atoms with Gasteiger partial charge < -0.3 is 19.5 Å². The van der Waals surface area contributed by atoms with Crippen LogP contribution in [0, 0.1) is 5.92 Å². The van der Waals surface area contributed by atoms with Crippen LogP contribution in [0.2, 0.25) is 0 Å². The summed E-state index contributed by atoms with van der Waals surface area (Å²) < 4.78 is 7.22. The van der Waals surface area contributed by atoms with Gasteiger partial charge >= 0.3 is 0 Å². The Morgan fingerprint density at radius 2 is 2.16 bits per heavy atom. The van der Waals surface area contributed by atoms with Gasteiger partial charge in [0.05, 0.1) is 24.5 Å². The first-order chi connectivity index (χ1) is 15.1. The highest BCUT2D eigenvalue weighted by molar-refractivity contribution is 6.06. The van der Waals surface area contributed by atoms with Crippen molar-refractivity contribution in [2.75, 3.05) is 26.7 Å². The quantitative estimate of drug-likeness (QED) is 0.633. The van der Waals surface area contributed by atoms with Crippen molar-refractivity contribution in [3.8, 4) is 5.88 Å². The molecule has 1 saturated heterocycles. The molecule has 2 amide bonds. The lowest BCUT2D eigenvalue weighted by atomic mass is 9.93. The predicted molar refractivity (Wildman–Crippen MR) is 117 cm³/mol. The SMILES string of the molecule is COc1cc(C(=O)N2CCC[C@H](CC(=O)NCCn3ccnc3)C2)c2ccccc2n1. The van der Waals surface area contributed by atoms with E-state index in [1.54, 1.807) is 25.7 Å². The minimum absolute atomic E-state index is 0.0236. The van der Waals surface area contributed by atoms with Gasteiger partial charge in [-0.1, -0.05) is 18.2 Å². The Morgan fingerprint density at radius 3 is 2.97 bits per heavy atom. The normalized spacial score (nSPS) is 16.3. The number of carbonyl (C=O) groups excluding carboxylic acids is 2. The van der Waals surface area contributed by atoms with Crippen molar-refractivity contribution in [3.05, 3.63) is 54.6 Å². The number of ether oxygens (including phenoxy) is 1. The molecule has 0 saturated carbocycles. The maximum Gasteiger partial charge on any atom is 0.254 e. The third kappa shape index (κ3) is 5.02. The van der Waals surface area contributed by atoms with Gasteiger partial charge in [0.2, 0.25) is 11.8 Å². The van der Waals surface area contributed by atoms with Gasteiger partial charge in [-0.05, 0) is 24.8 Å². The summed E-state index contributed by atoms with van der Waals surface area (Å²) in [6.45, 7) is 2.52. The van der Waals surface area contributed by atoms with Gasteiger partial charge in [0.15, 0.2) is 0 Å². The zero-order valence-corrected chi connectivity index (χ0v) is 17.7. The number of hydrogen-bond donors (Lipinski definition) is 1. The van der Waals surface area contributed by atoms with E-state index in [0.717, 1.165) is 23.7 Å². The lowest BCUT2D eigenvalue weighted by Gasteiger charge is -2.33. The molecule has 1 aliphatic heterocycles. The fraction of sp³-hybridized carbons (Fsp3) is 0.391. The van der Waals surface area contributed by atoms with Gasteiger partial charge in [-0.15, -0.1) is 0 Å². The Morgan fingerprint density at radius 1 is 1.29 bits per heavy atom. The highest BCUT2D eigenvalue weighted by atomic mass is 16.5. The molecule has 0 unspecified atom stereocenters. The molecule has 0 radical (unpaired) electrons. The molecule has 8 heteroatoms. The average molecular weight is 422 g/mol. The lowest BCUT2D eigenvalue weighted by Crippen LogP contribution is -2.41. The van der Waals surface area contributed by atoms with Crippen molar-refractivity contribution < 1.29 is 14.3 Å². The van der Waals surface area contributed by atoms with Crippen molar-refractivity contribution in [1.82, 2.24) is 24.8 Å². The molecule has 8 nitrogen and oxygen atoms in total. The highest BCUT2D eigenvalue weighted by Crippen LogP contribution is 2.26. The standard InChI is InChI=1S/C23H27N5O3/c1-31-22-14-19(18-6-2-3-7-20(18)26-22)23(30)28-10-4-5-17(15-28)13-21(29)25-9-12-27-11-8-24-16-27/h2-3,6-8,11,14,16-17H,4-5,9-10,12-13,15H2,1H3,(H,25,29)/t17-/m1/s1. The number of pyridine rings is 1. The minimum atomic E-state index is -0.0397. The molecule has 1 aliphatic rings. The Labute approximate surface area is 181 Å². The number of benzene rings is 1. The number of hydrogen-bond acceptors (Lipinski definition) is 5. The van der Waals surface area contributed by atoms with Crippen LogP contribution in [0.25, 0.3) is 10.9 Å². The topological polar surface area (TPSA) is 89.4 Å². The van der Waals surface area contributed by atoms with Crippen LogP contribution in [0.4, 0.5) is 0 Å². The fourth-order valence-corrected chi connectivity index (χ4v) is 4.10. The Balaban J connectivity index is 1.38. The van der Waals surface area contributed by atoms with E-state index in [9.17, 15) is 9.59 Å². The monoisotopic (exact) mass is 421 g/mol. The molecule has 1 N–H and O–H groups in total. The fourth-order valence-electron chi connectivity index (χ4n) is 4.10. The summed E-state index contributed by atoms with van der Waals surface area (Å²) in [5, 5.41) is 3.78. The number of piperidine rings is 1. The maximum atomic E-state index is 13.3. The van der Waals surface area contributed by atoms with Gasteiger partial charge in [0, 0.05) is 56.4 Å². The summed E-state index contributed by atoms with van der Waals surface area (Å²) >= 11 is 0. The van der Waals surface area contributed by atoms with Crippen LogP contribution in [0.3, 0.4) is 0 Å². The van der Waals surface area contributed by atoms with Crippen LogP contribution in [-0.4, -0.2) is 58.0 Å². The molecular weight excluding hydrogens is 394 g/mol. The summed E-state index contributed by atoms with van der Waals surface area (Å²) in [5.74, 6) is 0.561. The van der Waals surface area contributed by atoms with Crippen molar-refractivity contribution in [1.29, 1.82) is 0 Å². The summed E-state index contributed by atoms with van der Waals surface area (Å²) in [5.41, 5.74) is 1.32. The third-order valence-electron chi connectivity index (χ3n) is 5.66. The lowest BCUT2D eigenvalue weighted by molar-refractivity contribution is -0.122. The molecule has 0 spiro atoms. The number of likely N-dealkylation sites (tertiary alicyclic amines) is 1. The molecule has 31 heavy (non-hydrogen) atoms. The first kappa shape index (κ1) is 20.8. The summed E-state index contributed by atoms with van der Waals surface area (Å²) in [4.78, 5) is 36.0. The van der Waals surface area contributed by atoms with Gasteiger partial charge in [-0.25, -0.2) is 9.97 Å². The first-order valence-corrected chi connectivity index (χ1v) is 10.6. The van der Waals surface area contributed by atoms with Crippen LogP contribution in [0.15, 0.2) is 49.1 Å². The Kier molecular flexibility index (Phi) is 6.45. The molecule has 1 fully saturated rings. The van der Waals surface area contributed by atoms with Crippen LogP contribution in [0.5, 0.6) is 5.88 Å². The van der Waals surface area contributed by atoms with Crippen LogP contribution < -0.4 is 10.1 Å². The van der Waals surface area contributed by atoms with E-state index >= 15 is 0 Å². The first-order valence-electron chi connectivity index (χ1n) is 10.6. The largest absolute Gasteiger partial charge is 0.481 e. The Hall–Kier alpha value is -3.42. The Bertz CT molecular complexity index is 1050. The number of para-hydroxylation sites is 1. The molecule has 1 atom stereocenters. The number of nitrogens with zero attached hydrogens (tertiary/aromatic N) is 4. The van der Waals surface area contributed by atoms with E-state index in [1.165, 1.54) is 0 Å². The summed E-state index contributed by atoms with van der Waals surface area (Å²) in [6.07, 6.45) is 7.58.